The summed E-state index contributed by atoms with van der Waals surface area (Å²) in [6.45, 7) is 4.59. The molecule has 0 saturated carbocycles. The van der Waals surface area contributed by atoms with Crippen LogP contribution in [-0.2, 0) is 15.8 Å². The normalized spacial score (nSPS) is 22.4. The molecule has 27 heavy (non-hydrogen) atoms. The van der Waals surface area contributed by atoms with Crippen LogP contribution in [0.2, 0.25) is 0 Å². The predicted molar refractivity (Wildman–Crippen MR) is 90.9 cm³/mol. The molecule has 6 nitrogen and oxygen atoms in total. The molecule has 2 atom stereocenters. The third kappa shape index (κ3) is 3.15. The molecule has 2 heterocycles. The molecule has 0 radical (unpaired) electrons. The van der Waals surface area contributed by atoms with Gasteiger partial charge in [0.05, 0.1) is 11.3 Å². The maximum Gasteiger partial charge on any atom is 0.416 e. The number of alkyl halides is 3. The Labute approximate surface area is 154 Å². The molecule has 2 unspecified atom stereocenters. The molecular formula is C18H20F3N3O3. The van der Waals surface area contributed by atoms with Crippen molar-refractivity contribution in [2.45, 2.75) is 44.9 Å². The van der Waals surface area contributed by atoms with Gasteiger partial charge in [-0.3, -0.25) is 14.5 Å². The highest BCUT2D eigenvalue weighted by atomic mass is 19.4. The second kappa shape index (κ2) is 6.86. The van der Waals surface area contributed by atoms with Crippen molar-refractivity contribution < 1.29 is 27.6 Å². The fourth-order valence-electron chi connectivity index (χ4n) is 3.73. The van der Waals surface area contributed by atoms with E-state index in [0.29, 0.717) is 25.9 Å². The highest BCUT2D eigenvalue weighted by Crippen LogP contribution is 2.37. The van der Waals surface area contributed by atoms with Crippen LogP contribution in [0.25, 0.3) is 0 Å². The lowest BCUT2D eigenvalue weighted by atomic mass is 10.1. The van der Waals surface area contributed by atoms with E-state index in [4.69, 9.17) is 0 Å². The number of urea groups is 1. The largest absolute Gasteiger partial charge is 0.416 e. The first-order valence-electron chi connectivity index (χ1n) is 8.83. The molecule has 2 saturated heterocycles. The number of amides is 4. The Hall–Kier alpha value is -2.58. The fourth-order valence-corrected chi connectivity index (χ4v) is 3.73. The summed E-state index contributed by atoms with van der Waals surface area (Å²) in [7, 11) is 0. The number of imide groups is 1. The van der Waals surface area contributed by atoms with Crippen molar-refractivity contribution in [3.8, 4) is 0 Å². The highest BCUT2D eigenvalue weighted by molar-refractivity contribution is 6.22. The van der Waals surface area contributed by atoms with Gasteiger partial charge in [-0.2, -0.15) is 13.2 Å². The summed E-state index contributed by atoms with van der Waals surface area (Å²) in [5, 5.41) is 0. The summed E-state index contributed by atoms with van der Waals surface area (Å²) in [4.78, 5) is 41.8. The average molecular weight is 383 g/mol. The third-order valence-corrected chi connectivity index (χ3v) is 5.09. The Bertz CT molecular complexity index is 777. The molecule has 0 bridgehead atoms. The molecule has 3 rings (SSSR count). The fraction of sp³-hybridized carbons (Fsp3) is 0.500. The van der Waals surface area contributed by atoms with Crippen molar-refractivity contribution in [2.24, 2.45) is 0 Å². The first kappa shape index (κ1) is 19.2. The molecule has 0 aromatic heterocycles. The molecule has 0 spiro atoms. The molecule has 2 aliphatic rings. The van der Waals surface area contributed by atoms with Gasteiger partial charge in [0.15, 0.2) is 0 Å². The first-order chi connectivity index (χ1) is 12.7. The number of carbonyl (C=O) groups excluding carboxylic acids is 3. The Morgan fingerprint density at radius 2 is 1.85 bits per heavy atom. The van der Waals surface area contributed by atoms with Gasteiger partial charge in [0.1, 0.15) is 12.1 Å². The predicted octanol–water partition coefficient (Wildman–Crippen LogP) is 2.87. The number of anilines is 1. The quantitative estimate of drug-likeness (QED) is 0.752. The van der Waals surface area contributed by atoms with Crippen LogP contribution in [-0.4, -0.2) is 52.8 Å². The number of hydrogen-bond donors (Lipinski definition) is 0. The van der Waals surface area contributed by atoms with Crippen LogP contribution in [0.1, 0.15) is 32.3 Å². The third-order valence-electron chi connectivity index (χ3n) is 5.09. The van der Waals surface area contributed by atoms with E-state index >= 15 is 0 Å². The van der Waals surface area contributed by atoms with Gasteiger partial charge >= 0.3 is 12.2 Å². The Balaban J connectivity index is 1.91. The number of likely N-dealkylation sites (N-methyl/N-ethyl adjacent to an activating group) is 1. The summed E-state index contributed by atoms with van der Waals surface area (Å²) >= 11 is 0. The molecule has 1 aromatic carbocycles. The molecule has 4 amide bonds. The smallest absolute Gasteiger partial charge is 0.341 e. The van der Waals surface area contributed by atoms with Gasteiger partial charge in [-0.1, -0.05) is 6.07 Å². The van der Waals surface area contributed by atoms with Crippen molar-refractivity contribution >= 4 is 23.5 Å². The summed E-state index contributed by atoms with van der Waals surface area (Å²) in [5.41, 5.74) is -1.08. The molecule has 146 valence electrons. The van der Waals surface area contributed by atoms with Gasteiger partial charge in [-0.15, -0.1) is 0 Å². The lowest BCUT2D eigenvalue weighted by Gasteiger charge is -2.28. The second-order valence-electron chi connectivity index (χ2n) is 6.53. The van der Waals surface area contributed by atoms with Crippen molar-refractivity contribution in [2.75, 3.05) is 18.0 Å². The van der Waals surface area contributed by atoms with Crippen LogP contribution >= 0.6 is 0 Å². The monoisotopic (exact) mass is 383 g/mol. The van der Waals surface area contributed by atoms with E-state index in [2.05, 4.69) is 0 Å². The molecular weight excluding hydrogens is 363 g/mol. The van der Waals surface area contributed by atoms with E-state index in [1.807, 2.05) is 13.8 Å². The van der Waals surface area contributed by atoms with Crippen LogP contribution in [0, 0.1) is 0 Å². The minimum Gasteiger partial charge on any atom is -0.341 e. The number of halogens is 3. The summed E-state index contributed by atoms with van der Waals surface area (Å²) in [5.74, 6) is -0.830. The molecule has 2 fully saturated rings. The number of fused-ring (bicyclic) bond motifs is 1. The maximum absolute atomic E-state index is 13.0. The number of benzene rings is 1. The molecule has 0 aliphatic carbocycles. The van der Waals surface area contributed by atoms with Crippen LogP contribution in [0.15, 0.2) is 24.3 Å². The molecule has 9 heteroatoms. The minimum atomic E-state index is -4.58. The van der Waals surface area contributed by atoms with Gasteiger partial charge in [-0.25, -0.2) is 9.69 Å². The summed E-state index contributed by atoms with van der Waals surface area (Å²) in [6, 6.07) is 1.78. The minimum absolute atomic E-state index is 0.136. The first-order valence-corrected chi connectivity index (χ1v) is 8.83. The lowest BCUT2D eigenvalue weighted by Crippen LogP contribution is -2.48. The average Bonchev–Trinajstić information content (AvgIpc) is 3.16. The van der Waals surface area contributed by atoms with Gasteiger partial charge in [0, 0.05) is 13.1 Å². The SMILES string of the molecule is CCN(CC)C(=O)C1CCC2C(=O)N(c3cccc(C(F)(F)F)c3)C(=O)N12. The Morgan fingerprint density at radius 1 is 1.19 bits per heavy atom. The summed E-state index contributed by atoms with van der Waals surface area (Å²) in [6.07, 6.45) is -3.90. The Morgan fingerprint density at radius 3 is 2.44 bits per heavy atom. The number of rotatable bonds is 4. The van der Waals surface area contributed by atoms with Gasteiger partial charge < -0.3 is 4.90 Å². The topological polar surface area (TPSA) is 60.9 Å². The van der Waals surface area contributed by atoms with Crippen LogP contribution in [0.5, 0.6) is 0 Å². The molecule has 0 N–H and O–H groups in total. The zero-order valence-electron chi connectivity index (χ0n) is 15.0. The van der Waals surface area contributed by atoms with E-state index < -0.39 is 35.8 Å². The molecule has 1 aromatic rings. The number of carbonyl (C=O) groups is 3. The summed E-state index contributed by atoms with van der Waals surface area (Å²) < 4.78 is 38.9. The number of nitrogens with zero attached hydrogens (tertiary/aromatic N) is 3. The van der Waals surface area contributed by atoms with Gasteiger partial charge in [-0.05, 0) is 44.9 Å². The van der Waals surface area contributed by atoms with E-state index in [1.54, 1.807) is 4.90 Å². The Kier molecular flexibility index (Phi) is 4.88. The van der Waals surface area contributed by atoms with Crippen molar-refractivity contribution in [3.63, 3.8) is 0 Å². The van der Waals surface area contributed by atoms with E-state index in [1.165, 1.54) is 11.0 Å². The zero-order valence-corrected chi connectivity index (χ0v) is 15.0. The maximum atomic E-state index is 13.0. The lowest BCUT2D eigenvalue weighted by molar-refractivity contribution is -0.137. The van der Waals surface area contributed by atoms with Crippen molar-refractivity contribution in [3.05, 3.63) is 29.8 Å². The van der Waals surface area contributed by atoms with Crippen molar-refractivity contribution in [1.29, 1.82) is 0 Å². The second-order valence-corrected chi connectivity index (χ2v) is 6.53. The van der Waals surface area contributed by atoms with E-state index in [-0.39, 0.29) is 11.6 Å². The standard InChI is InChI=1S/C18H20F3N3O3/c1-3-22(4-2)15(25)13-8-9-14-16(26)23(17(27)24(13)14)12-7-5-6-11(10-12)18(19,20)21/h5-7,10,13-14H,3-4,8-9H2,1-2H3. The van der Waals surface area contributed by atoms with E-state index in [9.17, 15) is 27.6 Å². The van der Waals surface area contributed by atoms with Crippen LogP contribution in [0.4, 0.5) is 23.7 Å². The highest BCUT2D eigenvalue weighted by Gasteiger charge is 2.54. The van der Waals surface area contributed by atoms with Gasteiger partial charge in [0.25, 0.3) is 5.91 Å². The van der Waals surface area contributed by atoms with Gasteiger partial charge in [0.2, 0.25) is 5.91 Å². The number of hydrogen-bond acceptors (Lipinski definition) is 3. The van der Waals surface area contributed by atoms with E-state index in [0.717, 1.165) is 23.1 Å². The van der Waals surface area contributed by atoms with Crippen LogP contribution in [0.3, 0.4) is 0 Å². The molecule has 2 aliphatic heterocycles. The van der Waals surface area contributed by atoms with Crippen molar-refractivity contribution in [1.82, 2.24) is 9.80 Å². The van der Waals surface area contributed by atoms with Crippen LogP contribution < -0.4 is 4.90 Å². The zero-order chi connectivity index (χ0) is 19.9.